The van der Waals surface area contributed by atoms with Crippen LogP contribution in [0.4, 0.5) is 0 Å². The molecule has 0 saturated carbocycles. The Kier molecular flexibility index (Phi) is 5.96. The lowest BCUT2D eigenvalue weighted by Gasteiger charge is -2.17. The Hall–Kier alpha value is -2.11. The molecular weight excluding hydrogens is 358 g/mol. The summed E-state index contributed by atoms with van der Waals surface area (Å²) in [5, 5.41) is 10.2. The van der Waals surface area contributed by atoms with Crippen LogP contribution in [0.2, 0.25) is 0 Å². The van der Waals surface area contributed by atoms with Gasteiger partial charge in [0.2, 0.25) is 5.91 Å². The topological polar surface area (TPSA) is 49.8 Å². The molecule has 2 aromatic carbocycles. The predicted octanol–water partition coefficient (Wildman–Crippen LogP) is 4.88. The molecule has 4 nitrogen and oxygen atoms in total. The summed E-state index contributed by atoms with van der Waals surface area (Å²) < 4.78 is 6.79. The molecule has 1 N–H and O–H groups in total. The highest BCUT2D eigenvalue weighted by Crippen LogP contribution is 2.24. The zero-order valence-corrected chi connectivity index (χ0v) is 14.5. The lowest BCUT2D eigenvalue weighted by Crippen LogP contribution is -2.32. The highest BCUT2D eigenvalue weighted by atomic mass is 79.9. The number of hydroxylamine groups is 2. The van der Waals surface area contributed by atoms with Gasteiger partial charge < -0.3 is 4.74 Å². The molecule has 1 unspecified atom stereocenters. The second-order valence-corrected chi connectivity index (χ2v) is 6.01. The maximum Gasteiger partial charge on any atom is 0.243 e. The van der Waals surface area contributed by atoms with E-state index in [9.17, 15) is 10.0 Å². The summed E-state index contributed by atoms with van der Waals surface area (Å²) in [7, 11) is 0. The molecule has 0 aliphatic carbocycles. The molecule has 0 radical (unpaired) electrons. The average molecular weight is 376 g/mol. The Labute approximate surface area is 144 Å². The molecular formula is C18H18BrNO3. The molecule has 0 saturated heterocycles. The van der Waals surface area contributed by atoms with Gasteiger partial charge in [-0.3, -0.25) is 10.0 Å². The third-order valence-electron chi connectivity index (χ3n) is 3.18. The van der Waals surface area contributed by atoms with Crippen molar-refractivity contribution in [1.29, 1.82) is 0 Å². The molecule has 0 aliphatic heterocycles. The number of hydrogen-bond donors (Lipinski definition) is 1. The number of carbonyl (C=O) groups excluding carboxylic acids is 1. The van der Waals surface area contributed by atoms with Crippen LogP contribution in [0.5, 0.6) is 11.5 Å². The number of halogens is 1. The Morgan fingerprint density at radius 1 is 1.22 bits per heavy atom. The van der Waals surface area contributed by atoms with Gasteiger partial charge in [-0.05, 0) is 48.9 Å². The fourth-order valence-corrected chi connectivity index (χ4v) is 2.20. The number of benzene rings is 2. The van der Waals surface area contributed by atoms with Gasteiger partial charge in [-0.2, -0.15) is 0 Å². The summed E-state index contributed by atoms with van der Waals surface area (Å²) in [4.78, 5) is 11.1. The lowest BCUT2D eigenvalue weighted by molar-refractivity contribution is -0.167. The molecule has 0 spiro atoms. The number of rotatable bonds is 5. The largest absolute Gasteiger partial charge is 0.457 e. The van der Waals surface area contributed by atoms with Gasteiger partial charge in [0.25, 0.3) is 0 Å². The summed E-state index contributed by atoms with van der Waals surface area (Å²) in [5.74, 6) is 1.07. The van der Waals surface area contributed by atoms with Gasteiger partial charge in [0, 0.05) is 11.4 Å². The van der Waals surface area contributed by atoms with E-state index < -0.39 is 11.9 Å². The molecule has 2 rings (SSSR count). The molecule has 0 aromatic heterocycles. The van der Waals surface area contributed by atoms with Gasteiger partial charge in [0.15, 0.2) is 0 Å². The zero-order chi connectivity index (χ0) is 16.8. The van der Waals surface area contributed by atoms with Gasteiger partial charge in [-0.25, -0.2) is 5.06 Å². The highest BCUT2D eigenvalue weighted by molar-refractivity contribution is 9.10. The molecule has 120 valence electrons. The quantitative estimate of drug-likeness (QED) is 0.598. The number of nitrogens with zero attached hydrogens (tertiary/aromatic N) is 1. The van der Waals surface area contributed by atoms with Crippen LogP contribution < -0.4 is 4.74 Å². The maximum absolute atomic E-state index is 11.1. The van der Waals surface area contributed by atoms with E-state index in [1.807, 2.05) is 54.6 Å². The summed E-state index contributed by atoms with van der Waals surface area (Å²) in [6.07, 6.45) is 3.59. The van der Waals surface area contributed by atoms with E-state index in [0.717, 1.165) is 21.5 Å². The number of carbonyl (C=O) groups is 1. The first-order chi connectivity index (χ1) is 11.0. The second-order valence-electron chi connectivity index (χ2n) is 5.09. The smallest absolute Gasteiger partial charge is 0.243 e. The van der Waals surface area contributed by atoms with Gasteiger partial charge in [-0.1, -0.05) is 40.2 Å². The molecule has 1 amide bonds. The van der Waals surface area contributed by atoms with E-state index in [-0.39, 0.29) is 0 Å². The highest BCUT2D eigenvalue weighted by Gasteiger charge is 2.10. The Bertz CT molecular complexity index is 698. The van der Waals surface area contributed by atoms with E-state index in [2.05, 4.69) is 15.9 Å². The second kappa shape index (κ2) is 7.94. The summed E-state index contributed by atoms with van der Waals surface area (Å²) in [6.45, 7) is 3.05. The number of hydrogen-bond acceptors (Lipinski definition) is 3. The molecule has 5 heteroatoms. The predicted molar refractivity (Wildman–Crippen MR) is 93.5 cm³/mol. The Balaban J connectivity index is 2.07. The average Bonchev–Trinajstić information content (AvgIpc) is 2.54. The van der Waals surface area contributed by atoms with Crippen LogP contribution in [-0.4, -0.2) is 22.2 Å². The fourth-order valence-electron chi connectivity index (χ4n) is 1.94. The Morgan fingerprint density at radius 3 is 2.57 bits per heavy atom. The van der Waals surface area contributed by atoms with Crippen molar-refractivity contribution in [2.24, 2.45) is 0 Å². The van der Waals surface area contributed by atoms with Gasteiger partial charge in [0.05, 0.1) is 6.04 Å². The van der Waals surface area contributed by atoms with E-state index >= 15 is 0 Å². The van der Waals surface area contributed by atoms with Crippen molar-refractivity contribution in [3.8, 4) is 11.5 Å². The van der Waals surface area contributed by atoms with Crippen LogP contribution in [0, 0.1) is 0 Å². The van der Waals surface area contributed by atoms with Crippen molar-refractivity contribution >= 4 is 27.9 Å². The maximum atomic E-state index is 11.1. The van der Waals surface area contributed by atoms with Crippen molar-refractivity contribution in [2.75, 3.05) is 0 Å². The van der Waals surface area contributed by atoms with Gasteiger partial charge in [-0.15, -0.1) is 0 Å². The summed E-state index contributed by atoms with van der Waals surface area (Å²) >= 11 is 3.39. The fraction of sp³-hybridized carbons (Fsp3) is 0.167. The molecule has 23 heavy (non-hydrogen) atoms. The third-order valence-corrected chi connectivity index (χ3v) is 3.71. The molecule has 0 aliphatic rings. The normalized spacial score (nSPS) is 12.2. The summed E-state index contributed by atoms with van der Waals surface area (Å²) in [6, 6.07) is 14.8. The minimum absolute atomic E-state index is 0.394. The first-order valence-electron chi connectivity index (χ1n) is 7.16. The van der Waals surface area contributed by atoms with Crippen LogP contribution in [0.1, 0.15) is 19.4 Å². The van der Waals surface area contributed by atoms with Gasteiger partial charge >= 0.3 is 0 Å². The van der Waals surface area contributed by atoms with Crippen LogP contribution in [0.25, 0.3) is 6.08 Å². The Morgan fingerprint density at radius 2 is 1.91 bits per heavy atom. The molecule has 0 fully saturated rings. The van der Waals surface area contributed by atoms with Crippen molar-refractivity contribution < 1.29 is 14.7 Å². The lowest BCUT2D eigenvalue weighted by atomic mass is 10.1. The number of ether oxygens (including phenoxy) is 1. The summed E-state index contributed by atoms with van der Waals surface area (Å²) in [5.41, 5.74) is 0.920. The minimum atomic E-state index is -0.399. The molecule has 0 heterocycles. The van der Waals surface area contributed by atoms with Crippen molar-refractivity contribution in [1.82, 2.24) is 5.06 Å². The van der Waals surface area contributed by atoms with Crippen LogP contribution in [0.15, 0.2) is 59.1 Å². The van der Waals surface area contributed by atoms with Crippen molar-refractivity contribution in [2.45, 2.75) is 19.9 Å². The zero-order valence-electron chi connectivity index (χ0n) is 12.9. The molecule has 0 bridgehead atoms. The molecule has 1 atom stereocenters. The molecule has 2 aromatic rings. The number of amides is 1. The van der Waals surface area contributed by atoms with Crippen LogP contribution in [0.3, 0.4) is 0 Å². The SMILES string of the molecule is CC(=O)N(O)C(C)/C=C/c1cccc(Oc2ccc(Br)cc2)c1. The van der Waals surface area contributed by atoms with Crippen LogP contribution >= 0.6 is 15.9 Å². The van der Waals surface area contributed by atoms with Crippen molar-refractivity contribution in [3.63, 3.8) is 0 Å². The van der Waals surface area contributed by atoms with E-state index in [0.29, 0.717) is 5.06 Å². The monoisotopic (exact) mass is 375 g/mol. The standard InChI is InChI=1S/C18H18BrNO3/c1-13(20(22)14(2)21)6-7-15-4-3-5-18(12-15)23-17-10-8-16(19)9-11-17/h3-13,22H,1-2H3/b7-6+. The van der Waals surface area contributed by atoms with E-state index in [1.165, 1.54) is 6.92 Å². The van der Waals surface area contributed by atoms with E-state index in [4.69, 9.17) is 4.74 Å². The van der Waals surface area contributed by atoms with Gasteiger partial charge in [0.1, 0.15) is 11.5 Å². The first-order valence-corrected chi connectivity index (χ1v) is 7.95. The first kappa shape index (κ1) is 17.2. The van der Waals surface area contributed by atoms with Crippen LogP contribution in [-0.2, 0) is 4.79 Å². The third kappa shape index (κ3) is 5.23. The van der Waals surface area contributed by atoms with E-state index in [1.54, 1.807) is 13.0 Å². The minimum Gasteiger partial charge on any atom is -0.457 e. The van der Waals surface area contributed by atoms with Crippen molar-refractivity contribution in [3.05, 3.63) is 64.6 Å².